The molecule has 1 saturated heterocycles. The van der Waals surface area contributed by atoms with E-state index < -0.39 is 0 Å². The molecule has 2 aromatic rings. The van der Waals surface area contributed by atoms with Crippen LogP contribution in [0.4, 0.5) is 0 Å². The number of hydrogen-bond acceptors (Lipinski definition) is 3. The van der Waals surface area contributed by atoms with Crippen LogP contribution in [-0.4, -0.2) is 40.3 Å². The Hall–Kier alpha value is -2.40. The van der Waals surface area contributed by atoms with Gasteiger partial charge in [-0.25, -0.2) is 0 Å². The second kappa shape index (κ2) is 7.92. The Kier molecular flexibility index (Phi) is 5.36. The number of nitrogens with zero attached hydrogens (tertiary/aromatic N) is 2. The molecule has 1 amide bonds. The maximum atomic E-state index is 13.0. The van der Waals surface area contributed by atoms with Crippen LogP contribution in [0.15, 0.2) is 35.3 Å². The number of aromatic amines is 1. The van der Waals surface area contributed by atoms with E-state index in [0.29, 0.717) is 5.91 Å². The monoisotopic (exact) mass is 379 g/mol. The van der Waals surface area contributed by atoms with Crippen molar-refractivity contribution in [2.45, 2.75) is 46.2 Å². The van der Waals surface area contributed by atoms with Crippen LogP contribution >= 0.6 is 0 Å². The van der Waals surface area contributed by atoms with Crippen LogP contribution < -0.4 is 5.43 Å². The van der Waals surface area contributed by atoms with Crippen molar-refractivity contribution in [2.75, 3.05) is 19.6 Å². The van der Waals surface area contributed by atoms with E-state index in [1.807, 2.05) is 18.7 Å². The van der Waals surface area contributed by atoms with E-state index in [1.165, 1.54) is 11.1 Å². The minimum absolute atomic E-state index is 0.125. The molecule has 5 heteroatoms. The highest BCUT2D eigenvalue weighted by molar-refractivity contribution is 5.79. The Morgan fingerprint density at radius 3 is 2.57 bits per heavy atom. The Morgan fingerprint density at radius 1 is 1.11 bits per heavy atom. The van der Waals surface area contributed by atoms with Gasteiger partial charge < -0.3 is 9.88 Å². The predicted octanol–water partition coefficient (Wildman–Crippen LogP) is 2.79. The number of carbonyl (C=O) groups excluding carboxylic acids is 1. The Bertz CT molecular complexity index is 926. The van der Waals surface area contributed by atoms with E-state index in [1.54, 1.807) is 6.20 Å². The number of benzene rings is 1. The lowest BCUT2D eigenvalue weighted by Crippen LogP contribution is -2.44. The van der Waals surface area contributed by atoms with Crippen LogP contribution in [0, 0.1) is 19.8 Å². The van der Waals surface area contributed by atoms with Gasteiger partial charge in [0.1, 0.15) is 0 Å². The number of pyridine rings is 1. The lowest BCUT2D eigenvalue weighted by molar-refractivity contribution is -0.138. The lowest BCUT2D eigenvalue weighted by atomic mass is 9.93. The van der Waals surface area contributed by atoms with Crippen LogP contribution in [-0.2, 0) is 24.3 Å². The molecule has 2 aliphatic heterocycles. The number of aromatic nitrogens is 1. The van der Waals surface area contributed by atoms with E-state index in [4.69, 9.17) is 0 Å². The number of carbonyl (C=O) groups is 1. The summed E-state index contributed by atoms with van der Waals surface area (Å²) >= 11 is 0. The van der Waals surface area contributed by atoms with Crippen molar-refractivity contribution in [1.29, 1.82) is 0 Å². The smallest absolute Gasteiger partial charge is 0.226 e. The first kappa shape index (κ1) is 18.9. The van der Waals surface area contributed by atoms with Gasteiger partial charge in [-0.3, -0.25) is 14.5 Å². The minimum Gasteiger partial charge on any atom is -0.363 e. The Morgan fingerprint density at radius 2 is 1.82 bits per heavy atom. The van der Waals surface area contributed by atoms with Crippen LogP contribution in [0.1, 0.15) is 40.8 Å². The normalized spacial score (nSPS) is 18.1. The van der Waals surface area contributed by atoms with Gasteiger partial charge >= 0.3 is 0 Å². The van der Waals surface area contributed by atoms with Crippen molar-refractivity contribution >= 4 is 5.91 Å². The SMILES string of the molecule is Cc1c[nH]c(CN2CCC(C(=O)N3CCc4ccccc4C3)CC2)c(C)c1=O. The van der Waals surface area contributed by atoms with Crippen molar-refractivity contribution in [3.05, 3.63) is 68.6 Å². The van der Waals surface area contributed by atoms with Gasteiger partial charge in [0, 0.05) is 48.6 Å². The Labute approximate surface area is 166 Å². The molecule has 0 bridgehead atoms. The zero-order chi connectivity index (χ0) is 19.7. The number of rotatable bonds is 3. The van der Waals surface area contributed by atoms with Crippen molar-refractivity contribution in [3.63, 3.8) is 0 Å². The minimum atomic E-state index is 0.125. The first-order valence-corrected chi connectivity index (χ1v) is 10.3. The zero-order valence-electron chi connectivity index (χ0n) is 16.8. The molecule has 5 nitrogen and oxygen atoms in total. The molecule has 0 spiro atoms. The molecule has 0 unspecified atom stereocenters. The fourth-order valence-corrected chi connectivity index (χ4v) is 4.47. The number of nitrogens with one attached hydrogen (secondary N) is 1. The Balaban J connectivity index is 1.34. The summed E-state index contributed by atoms with van der Waals surface area (Å²) in [5.74, 6) is 0.439. The van der Waals surface area contributed by atoms with Gasteiger partial charge in [0.15, 0.2) is 5.43 Å². The zero-order valence-corrected chi connectivity index (χ0v) is 16.8. The quantitative estimate of drug-likeness (QED) is 0.892. The third-order valence-electron chi connectivity index (χ3n) is 6.38. The van der Waals surface area contributed by atoms with Crippen molar-refractivity contribution in [2.24, 2.45) is 5.92 Å². The molecule has 0 atom stereocenters. The molecule has 2 aliphatic rings. The second-order valence-electron chi connectivity index (χ2n) is 8.23. The van der Waals surface area contributed by atoms with Gasteiger partial charge in [-0.15, -0.1) is 0 Å². The average molecular weight is 380 g/mol. The summed E-state index contributed by atoms with van der Waals surface area (Å²) in [5.41, 5.74) is 5.36. The van der Waals surface area contributed by atoms with Crippen molar-refractivity contribution in [1.82, 2.24) is 14.8 Å². The van der Waals surface area contributed by atoms with Crippen molar-refractivity contribution < 1.29 is 4.79 Å². The summed E-state index contributed by atoms with van der Waals surface area (Å²) in [6, 6.07) is 8.45. The van der Waals surface area contributed by atoms with E-state index in [2.05, 4.69) is 34.1 Å². The molecule has 1 aromatic heterocycles. The maximum Gasteiger partial charge on any atom is 0.226 e. The van der Waals surface area contributed by atoms with E-state index >= 15 is 0 Å². The number of hydrogen-bond donors (Lipinski definition) is 1. The highest BCUT2D eigenvalue weighted by Gasteiger charge is 2.30. The maximum absolute atomic E-state index is 13.0. The highest BCUT2D eigenvalue weighted by atomic mass is 16.2. The van der Waals surface area contributed by atoms with Gasteiger partial charge in [-0.05, 0) is 57.3 Å². The van der Waals surface area contributed by atoms with E-state index in [0.717, 1.165) is 68.8 Å². The molecule has 1 fully saturated rings. The van der Waals surface area contributed by atoms with E-state index in [9.17, 15) is 9.59 Å². The molecular formula is C23H29N3O2. The third-order valence-corrected chi connectivity index (χ3v) is 6.38. The fraction of sp³-hybridized carbons (Fsp3) is 0.478. The second-order valence-corrected chi connectivity index (χ2v) is 8.23. The topological polar surface area (TPSA) is 56.4 Å². The van der Waals surface area contributed by atoms with E-state index in [-0.39, 0.29) is 11.3 Å². The van der Waals surface area contributed by atoms with Crippen molar-refractivity contribution in [3.8, 4) is 0 Å². The number of piperidine rings is 1. The molecule has 148 valence electrons. The predicted molar refractivity (Wildman–Crippen MR) is 110 cm³/mol. The number of aryl methyl sites for hydroxylation is 1. The van der Waals surface area contributed by atoms with Gasteiger partial charge in [0.25, 0.3) is 0 Å². The molecule has 1 aromatic carbocycles. The third kappa shape index (κ3) is 3.76. The van der Waals surface area contributed by atoms with Crippen LogP contribution in [0.2, 0.25) is 0 Å². The molecule has 0 saturated carbocycles. The summed E-state index contributed by atoms with van der Waals surface area (Å²) in [5, 5.41) is 0. The number of fused-ring (bicyclic) bond motifs is 1. The van der Waals surface area contributed by atoms with Crippen LogP contribution in [0.25, 0.3) is 0 Å². The molecule has 28 heavy (non-hydrogen) atoms. The first-order valence-electron chi connectivity index (χ1n) is 10.3. The van der Waals surface area contributed by atoms with Crippen LogP contribution in [0.5, 0.6) is 0 Å². The standard InChI is InChI=1S/C23H29N3O2/c1-16-13-24-21(17(2)22(16)27)15-25-10-7-19(8-11-25)23(28)26-12-9-18-5-3-4-6-20(18)14-26/h3-6,13,19H,7-12,14-15H2,1-2H3,(H,24,27). The van der Waals surface area contributed by atoms with Crippen LogP contribution in [0.3, 0.4) is 0 Å². The van der Waals surface area contributed by atoms with Gasteiger partial charge in [-0.2, -0.15) is 0 Å². The largest absolute Gasteiger partial charge is 0.363 e. The summed E-state index contributed by atoms with van der Waals surface area (Å²) in [4.78, 5) is 32.8. The molecule has 1 N–H and O–H groups in total. The summed E-state index contributed by atoms with van der Waals surface area (Å²) < 4.78 is 0. The van der Waals surface area contributed by atoms with Gasteiger partial charge in [0.2, 0.25) is 5.91 Å². The van der Waals surface area contributed by atoms with Gasteiger partial charge in [-0.1, -0.05) is 24.3 Å². The number of amides is 1. The fourth-order valence-electron chi connectivity index (χ4n) is 4.47. The molecule has 3 heterocycles. The summed E-state index contributed by atoms with van der Waals surface area (Å²) in [6.45, 7) is 7.86. The average Bonchev–Trinajstić information content (AvgIpc) is 2.74. The number of H-pyrrole nitrogens is 1. The molecule has 0 aliphatic carbocycles. The number of likely N-dealkylation sites (tertiary alicyclic amines) is 1. The molecular weight excluding hydrogens is 350 g/mol. The lowest BCUT2D eigenvalue weighted by Gasteiger charge is -2.36. The molecule has 4 rings (SSSR count). The highest BCUT2D eigenvalue weighted by Crippen LogP contribution is 2.25. The first-order chi connectivity index (χ1) is 13.5. The summed E-state index contributed by atoms with van der Waals surface area (Å²) in [7, 11) is 0. The van der Waals surface area contributed by atoms with Gasteiger partial charge in [0.05, 0.1) is 0 Å². The molecule has 0 radical (unpaired) electrons. The summed E-state index contributed by atoms with van der Waals surface area (Å²) in [6.07, 6.45) is 4.55.